The average molecular weight is 287 g/mol. The molecule has 0 spiro atoms. The molecule has 1 aliphatic heterocycles. The summed E-state index contributed by atoms with van der Waals surface area (Å²) < 4.78 is 1.68. The molecule has 1 fully saturated rings. The van der Waals surface area contributed by atoms with Crippen LogP contribution in [-0.4, -0.2) is 44.5 Å². The summed E-state index contributed by atoms with van der Waals surface area (Å²) in [5, 5.41) is 12.5. The van der Waals surface area contributed by atoms with Gasteiger partial charge in [0.05, 0.1) is 6.61 Å². The first-order valence-electron chi connectivity index (χ1n) is 7.19. The lowest BCUT2D eigenvalue weighted by molar-refractivity contribution is -0.285. The van der Waals surface area contributed by atoms with E-state index in [1.54, 1.807) is 10.9 Å². The van der Waals surface area contributed by atoms with E-state index in [1.807, 2.05) is 13.0 Å². The number of anilines is 2. The fourth-order valence-corrected chi connectivity index (χ4v) is 2.02. The van der Waals surface area contributed by atoms with Gasteiger partial charge in [-0.15, -0.1) is 0 Å². The van der Waals surface area contributed by atoms with Gasteiger partial charge in [-0.1, -0.05) is 16.9 Å². The summed E-state index contributed by atoms with van der Waals surface area (Å²) in [6.07, 6.45) is 6.60. The minimum absolute atomic E-state index is 0.0747. The third-order valence-electron chi connectivity index (χ3n) is 3.54. The number of hydrogen-bond acceptors (Lipinski definition) is 6. The fourth-order valence-electron chi connectivity index (χ4n) is 2.02. The van der Waals surface area contributed by atoms with Gasteiger partial charge < -0.3 is 16.2 Å². The molecule has 7 nitrogen and oxygen atoms in total. The SMILES string of the molecule is CCC(C=C=[N+]1C=Nc2c(NC3CC3)nc(N)nc21)CO. The van der Waals surface area contributed by atoms with Crippen molar-refractivity contribution < 1.29 is 9.68 Å². The van der Waals surface area contributed by atoms with Gasteiger partial charge in [-0.2, -0.15) is 9.56 Å². The van der Waals surface area contributed by atoms with Crippen LogP contribution >= 0.6 is 0 Å². The predicted octanol–water partition coefficient (Wildman–Crippen LogP) is 1.19. The largest absolute Gasteiger partial charge is 0.396 e. The molecule has 21 heavy (non-hydrogen) atoms. The molecule has 0 aromatic carbocycles. The van der Waals surface area contributed by atoms with Crippen LogP contribution in [-0.2, 0) is 0 Å². The molecule has 0 bridgehead atoms. The summed E-state index contributed by atoms with van der Waals surface area (Å²) in [6.45, 7) is 2.12. The number of aromatic nitrogens is 2. The molecule has 4 N–H and O–H groups in total. The van der Waals surface area contributed by atoms with Crippen LogP contribution in [0.4, 0.5) is 23.3 Å². The number of nitrogens with two attached hydrogens (primary N) is 1. The highest BCUT2D eigenvalue weighted by Crippen LogP contribution is 2.38. The van der Waals surface area contributed by atoms with Crippen molar-refractivity contribution in [3.8, 4) is 0 Å². The van der Waals surface area contributed by atoms with E-state index in [9.17, 15) is 5.11 Å². The zero-order valence-corrected chi connectivity index (χ0v) is 12.0. The lowest BCUT2D eigenvalue weighted by Gasteiger charge is -2.03. The van der Waals surface area contributed by atoms with Crippen LogP contribution in [0.25, 0.3) is 0 Å². The van der Waals surface area contributed by atoms with Gasteiger partial charge in [0.25, 0.3) is 11.6 Å². The smallest absolute Gasteiger partial charge is 0.325 e. The van der Waals surface area contributed by atoms with Crippen molar-refractivity contribution in [2.75, 3.05) is 17.7 Å². The quantitative estimate of drug-likeness (QED) is 0.707. The molecule has 7 heteroatoms. The van der Waals surface area contributed by atoms with E-state index in [-0.39, 0.29) is 18.5 Å². The maximum atomic E-state index is 9.21. The monoisotopic (exact) mass is 287 g/mol. The third-order valence-corrected chi connectivity index (χ3v) is 3.54. The molecule has 1 atom stereocenters. The Morgan fingerprint density at radius 1 is 1.57 bits per heavy atom. The number of hydrogen-bond donors (Lipinski definition) is 3. The predicted molar refractivity (Wildman–Crippen MR) is 81.6 cm³/mol. The second-order valence-electron chi connectivity index (χ2n) is 5.28. The highest BCUT2D eigenvalue weighted by molar-refractivity contribution is 5.82. The number of rotatable bonds is 5. The molecule has 0 saturated heterocycles. The van der Waals surface area contributed by atoms with E-state index in [2.05, 4.69) is 26.1 Å². The van der Waals surface area contributed by atoms with Crippen molar-refractivity contribution in [1.82, 2.24) is 9.97 Å². The average Bonchev–Trinajstić information content (AvgIpc) is 3.19. The summed E-state index contributed by atoms with van der Waals surface area (Å²) in [5.74, 6) is 4.67. The number of aliphatic imine (C=N–C) groups is 1. The minimum Gasteiger partial charge on any atom is -0.396 e. The Bertz CT molecular complexity index is 639. The van der Waals surface area contributed by atoms with Gasteiger partial charge >= 0.3 is 5.82 Å². The minimum atomic E-state index is 0.0747. The summed E-state index contributed by atoms with van der Waals surface area (Å²) >= 11 is 0. The fraction of sp³-hybridized carbons (Fsp3) is 0.500. The molecule has 1 aromatic rings. The number of aliphatic hydroxyl groups excluding tert-OH is 1. The first kappa shape index (κ1) is 13.7. The van der Waals surface area contributed by atoms with Crippen LogP contribution in [0.2, 0.25) is 0 Å². The maximum Gasteiger partial charge on any atom is 0.325 e. The van der Waals surface area contributed by atoms with Gasteiger partial charge in [0.1, 0.15) is 0 Å². The molecule has 110 valence electrons. The Labute approximate surface area is 123 Å². The topological polar surface area (TPSA) is 99.4 Å². The van der Waals surface area contributed by atoms with Gasteiger partial charge in [-0.3, -0.25) is 0 Å². The van der Waals surface area contributed by atoms with Crippen LogP contribution < -0.4 is 11.1 Å². The molecular formula is C14H19N6O+. The van der Waals surface area contributed by atoms with Gasteiger partial charge in [-0.25, -0.2) is 0 Å². The maximum absolute atomic E-state index is 9.21. The van der Waals surface area contributed by atoms with Crippen LogP contribution in [0, 0.1) is 5.92 Å². The van der Waals surface area contributed by atoms with Crippen LogP contribution in [0.5, 0.6) is 0 Å². The summed E-state index contributed by atoms with van der Waals surface area (Å²) in [7, 11) is 0. The molecule has 1 saturated carbocycles. The van der Waals surface area contributed by atoms with Crippen molar-refractivity contribution >= 4 is 35.5 Å². The molecule has 2 heterocycles. The van der Waals surface area contributed by atoms with E-state index >= 15 is 0 Å². The number of nitrogens with one attached hydrogen (secondary N) is 1. The second kappa shape index (κ2) is 5.63. The van der Waals surface area contributed by atoms with Crippen molar-refractivity contribution in [3.63, 3.8) is 0 Å². The van der Waals surface area contributed by atoms with Gasteiger partial charge in [0.2, 0.25) is 6.34 Å². The van der Waals surface area contributed by atoms with Crippen molar-refractivity contribution in [2.45, 2.75) is 32.2 Å². The van der Waals surface area contributed by atoms with E-state index in [4.69, 9.17) is 5.73 Å². The third kappa shape index (κ3) is 2.94. The Balaban J connectivity index is 1.96. The lowest BCUT2D eigenvalue weighted by atomic mass is 10.1. The van der Waals surface area contributed by atoms with E-state index in [1.165, 1.54) is 0 Å². The molecule has 3 rings (SSSR count). The van der Waals surface area contributed by atoms with Gasteiger partial charge in [0, 0.05) is 17.8 Å². The molecular weight excluding hydrogens is 268 g/mol. The molecule has 0 amide bonds. The van der Waals surface area contributed by atoms with Crippen LogP contribution in [0.1, 0.15) is 26.2 Å². The zero-order chi connectivity index (χ0) is 14.8. The van der Waals surface area contributed by atoms with Crippen LogP contribution in [0.15, 0.2) is 11.1 Å². The van der Waals surface area contributed by atoms with Crippen molar-refractivity contribution in [2.24, 2.45) is 10.9 Å². The Morgan fingerprint density at radius 3 is 3.05 bits per heavy atom. The Hall–Kier alpha value is -2.24. The standard InChI is InChI=1S/C14H19N6O/c1-2-9(7-21)5-6-20-8-16-11-12(17-10-3-4-10)18-14(15)19-13(11)20/h5,8-10,21H,2-4,7H2,1H3,(H3,15,17,18,19)/q+1. The Kier molecular flexibility index (Phi) is 3.68. The highest BCUT2D eigenvalue weighted by atomic mass is 16.3. The highest BCUT2D eigenvalue weighted by Gasteiger charge is 2.31. The molecule has 2 aliphatic rings. The zero-order valence-electron chi connectivity index (χ0n) is 12.0. The lowest BCUT2D eigenvalue weighted by Crippen LogP contribution is -2.08. The normalized spacial score (nSPS) is 17.3. The number of aliphatic hydroxyl groups is 1. The van der Waals surface area contributed by atoms with E-state index in [0.29, 0.717) is 23.4 Å². The van der Waals surface area contributed by atoms with Gasteiger partial charge in [0.15, 0.2) is 5.82 Å². The van der Waals surface area contributed by atoms with Crippen LogP contribution in [0.3, 0.4) is 0 Å². The molecule has 1 aromatic heterocycles. The Morgan fingerprint density at radius 2 is 2.38 bits per heavy atom. The van der Waals surface area contributed by atoms with E-state index < -0.39 is 0 Å². The number of fused-ring (bicyclic) bond motifs is 1. The second-order valence-corrected chi connectivity index (χ2v) is 5.28. The molecule has 0 radical (unpaired) electrons. The number of nitrogen functional groups attached to an aromatic ring is 1. The van der Waals surface area contributed by atoms with E-state index in [0.717, 1.165) is 19.3 Å². The molecule has 1 unspecified atom stereocenters. The van der Waals surface area contributed by atoms with Crippen molar-refractivity contribution in [3.05, 3.63) is 6.08 Å². The summed E-state index contributed by atoms with van der Waals surface area (Å²) in [5.41, 5.74) is 6.46. The summed E-state index contributed by atoms with van der Waals surface area (Å²) in [4.78, 5) is 12.8. The van der Waals surface area contributed by atoms with Gasteiger partial charge in [-0.05, 0) is 25.3 Å². The molecule has 1 aliphatic carbocycles. The first-order chi connectivity index (χ1) is 10.2. The first-order valence-corrected chi connectivity index (χ1v) is 7.19. The number of nitrogens with zero attached hydrogens (tertiary/aromatic N) is 4. The summed E-state index contributed by atoms with van der Waals surface area (Å²) in [6, 6.07) is 0.464. The van der Waals surface area contributed by atoms with Crippen molar-refractivity contribution in [1.29, 1.82) is 0 Å².